The molecule has 2 amide bonds. The molecule has 6 nitrogen and oxygen atoms in total. The van der Waals surface area contributed by atoms with E-state index in [-0.39, 0.29) is 17.2 Å². The lowest BCUT2D eigenvalue weighted by Gasteiger charge is -2.45. The molecule has 0 bridgehead atoms. The summed E-state index contributed by atoms with van der Waals surface area (Å²) in [4.78, 5) is 30.1. The molecule has 1 saturated carbocycles. The standard InChI is InChI=1S/C14H26N4O2/c1-16(2)10-12(19)17-6-8-18(9-7-17)13(20)14(11-15)4-3-5-14/h3-11,15H2,1-2H3. The molecule has 0 aromatic heterocycles. The molecule has 6 heteroatoms. The third-order valence-corrected chi connectivity index (χ3v) is 4.53. The minimum Gasteiger partial charge on any atom is -0.339 e. The second kappa shape index (κ2) is 6.10. The van der Waals surface area contributed by atoms with E-state index < -0.39 is 0 Å². The zero-order chi connectivity index (χ0) is 14.8. The molecule has 114 valence electrons. The van der Waals surface area contributed by atoms with Crippen LogP contribution in [0.5, 0.6) is 0 Å². The van der Waals surface area contributed by atoms with Gasteiger partial charge in [-0.05, 0) is 26.9 Å². The minimum absolute atomic E-state index is 0.138. The minimum atomic E-state index is -0.296. The SMILES string of the molecule is CN(C)CC(=O)N1CCN(C(=O)C2(CN)CCC2)CC1. The Kier molecular flexibility index (Phi) is 4.65. The molecule has 2 rings (SSSR count). The summed E-state index contributed by atoms with van der Waals surface area (Å²) in [6, 6.07) is 0. The van der Waals surface area contributed by atoms with Crippen molar-refractivity contribution < 1.29 is 9.59 Å². The fourth-order valence-corrected chi connectivity index (χ4v) is 2.97. The van der Waals surface area contributed by atoms with Crippen LogP contribution in [-0.2, 0) is 9.59 Å². The molecular formula is C14H26N4O2. The Bertz CT molecular complexity index is 366. The Morgan fingerprint density at radius 3 is 2.05 bits per heavy atom. The summed E-state index contributed by atoms with van der Waals surface area (Å²) in [5.41, 5.74) is 5.49. The number of rotatable bonds is 4. The van der Waals surface area contributed by atoms with Crippen molar-refractivity contribution in [1.29, 1.82) is 0 Å². The number of carbonyl (C=O) groups is 2. The second-order valence-electron chi connectivity index (χ2n) is 6.25. The van der Waals surface area contributed by atoms with Gasteiger partial charge in [-0.2, -0.15) is 0 Å². The van der Waals surface area contributed by atoms with Gasteiger partial charge in [0.25, 0.3) is 0 Å². The van der Waals surface area contributed by atoms with Gasteiger partial charge in [0, 0.05) is 32.7 Å². The Morgan fingerprint density at radius 1 is 1.10 bits per heavy atom. The first kappa shape index (κ1) is 15.3. The number of nitrogens with two attached hydrogens (primary N) is 1. The van der Waals surface area contributed by atoms with E-state index in [1.54, 1.807) is 0 Å². The van der Waals surface area contributed by atoms with Crippen LogP contribution in [0.15, 0.2) is 0 Å². The van der Waals surface area contributed by atoms with Gasteiger partial charge in [-0.1, -0.05) is 6.42 Å². The molecule has 0 aromatic rings. The molecule has 0 atom stereocenters. The van der Waals surface area contributed by atoms with E-state index in [9.17, 15) is 9.59 Å². The van der Waals surface area contributed by atoms with Crippen molar-refractivity contribution in [2.24, 2.45) is 11.1 Å². The molecule has 0 unspecified atom stereocenters. The molecule has 2 fully saturated rings. The van der Waals surface area contributed by atoms with Crippen LogP contribution in [0.1, 0.15) is 19.3 Å². The normalized spacial score (nSPS) is 21.8. The summed E-state index contributed by atoms with van der Waals surface area (Å²) in [7, 11) is 3.78. The maximum absolute atomic E-state index is 12.5. The van der Waals surface area contributed by atoms with Crippen molar-refractivity contribution >= 4 is 11.8 Å². The predicted molar refractivity (Wildman–Crippen MR) is 77.1 cm³/mol. The van der Waals surface area contributed by atoms with E-state index in [2.05, 4.69) is 0 Å². The average Bonchev–Trinajstić information content (AvgIpc) is 2.37. The van der Waals surface area contributed by atoms with Gasteiger partial charge < -0.3 is 20.4 Å². The van der Waals surface area contributed by atoms with E-state index in [0.29, 0.717) is 39.3 Å². The Balaban J connectivity index is 1.85. The van der Waals surface area contributed by atoms with Crippen LogP contribution in [-0.4, -0.2) is 79.9 Å². The zero-order valence-electron chi connectivity index (χ0n) is 12.6. The molecule has 1 saturated heterocycles. The van der Waals surface area contributed by atoms with E-state index in [1.807, 2.05) is 28.8 Å². The van der Waals surface area contributed by atoms with Crippen molar-refractivity contribution in [1.82, 2.24) is 14.7 Å². The molecule has 1 aliphatic heterocycles. The second-order valence-corrected chi connectivity index (χ2v) is 6.25. The lowest BCUT2D eigenvalue weighted by Crippen LogP contribution is -2.58. The summed E-state index contributed by atoms with van der Waals surface area (Å²) in [6.45, 7) is 3.43. The third kappa shape index (κ3) is 2.96. The van der Waals surface area contributed by atoms with E-state index in [1.165, 1.54) is 0 Å². The zero-order valence-corrected chi connectivity index (χ0v) is 12.6. The predicted octanol–water partition coefficient (Wildman–Crippen LogP) is -0.652. The van der Waals surface area contributed by atoms with Gasteiger partial charge >= 0.3 is 0 Å². The van der Waals surface area contributed by atoms with Gasteiger partial charge in [0.2, 0.25) is 11.8 Å². The number of nitrogens with zero attached hydrogens (tertiary/aromatic N) is 3. The van der Waals surface area contributed by atoms with Crippen molar-refractivity contribution in [2.45, 2.75) is 19.3 Å². The molecule has 0 radical (unpaired) electrons. The largest absolute Gasteiger partial charge is 0.339 e. The van der Waals surface area contributed by atoms with E-state index >= 15 is 0 Å². The number of amides is 2. The highest BCUT2D eigenvalue weighted by Gasteiger charge is 2.45. The Hall–Kier alpha value is -1.14. The number of carbonyl (C=O) groups excluding carboxylic acids is 2. The highest BCUT2D eigenvalue weighted by molar-refractivity contribution is 5.84. The maximum atomic E-state index is 12.5. The van der Waals surface area contributed by atoms with Gasteiger partial charge in [-0.3, -0.25) is 9.59 Å². The summed E-state index contributed by atoms with van der Waals surface area (Å²) < 4.78 is 0. The fourth-order valence-electron chi connectivity index (χ4n) is 2.97. The van der Waals surface area contributed by atoms with Gasteiger partial charge in [-0.15, -0.1) is 0 Å². The molecule has 2 aliphatic rings. The van der Waals surface area contributed by atoms with Gasteiger partial charge in [0.1, 0.15) is 0 Å². The van der Waals surface area contributed by atoms with Crippen LogP contribution in [0, 0.1) is 5.41 Å². The smallest absolute Gasteiger partial charge is 0.236 e. The van der Waals surface area contributed by atoms with Crippen LogP contribution < -0.4 is 5.73 Å². The number of piperazine rings is 1. The molecule has 2 N–H and O–H groups in total. The first-order chi connectivity index (χ1) is 9.48. The Labute approximate surface area is 120 Å². The van der Waals surface area contributed by atoms with Gasteiger partial charge in [-0.25, -0.2) is 0 Å². The van der Waals surface area contributed by atoms with Crippen molar-refractivity contribution in [3.8, 4) is 0 Å². The summed E-state index contributed by atoms with van der Waals surface area (Å²) in [6.07, 6.45) is 2.94. The van der Waals surface area contributed by atoms with Crippen LogP contribution in [0.3, 0.4) is 0 Å². The molecule has 0 spiro atoms. The van der Waals surface area contributed by atoms with Crippen molar-refractivity contribution in [3.63, 3.8) is 0 Å². The topological polar surface area (TPSA) is 69.9 Å². The van der Waals surface area contributed by atoms with Crippen LogP contribution in [0.25, 0.3) is 0 Å². The highest BCUT2D eigenvalue weighted by atomic mass is 16.2. The lowest BCUT2D eigenvalue weighted by molar-refractivity contribution is -0.151. The summed E-state index contributed by atoms with van der Waals surface area (Å²) in [5, 5.41) is 0. The van der Waals surface area contributed by atoms with Gasteiger partial charge in [0.05, 0.1) is 12.0 Å². The Morgan fingerprint density at radius 2 is 1.65 bits per heavy atom. The first-order valence-electron chi connectivity index (χ1n) is 7.40. The molecule has 1 aliphatic carbocycles. The van der Waals surface area contributed by atoms with E-state index in [0.717, 1.165) is 19.3 Å². The van der Waals surface area contributed by atoms with E-state index in [4.69, 9.17) is 5.73 Å². The average molecular weight is 282 g/mol. The number of hydrogen-bond acceptors (Lipinski definition) is 4. The van der Waals surface area contributed by atoms with Crippen molar-refractivity contribution in [2.75, 3.05) is 53.4 Å². The third-order valence-electron chi connectivity index (χ3n) is 4.53. The molecule has 0 aromatic carbocycles. The quantitative estimate of drug-likeness (QED) is 0.744. The number of likely N-dealkylation sites (N-methyl/N-ethyl adjacent to an activating group) is 1. The summed E-state index contributed by atoms with van der Waals surface area (Å²) in [5.74, 6) is 0.338. The fraction of sp³-hybridized carbons (Fsp3) is 0.857. The maximum Gasteiger partial charge on any atom is 0.236 e. The lowest BCUT2D eigenvalue weighted by atomic mass is 9.67. The molecule has 20 heavy (non-hydrogen) atoms. The van der Waals surface area contributed by atoms with Crippen LogP contribution in [0.2, 0.25) is 0 Å². The number of hydrogen-bond donors (Lipinski definition) is 1. The molecule has 1 heterocycles. The monoisotopic (exact) mass is 282 g/mol. The van der Waals surface area contributed by atoms with Gasteiger partial charge in [0.15, 0.2) is 0 Å². The summed E-state index contributed by atoms with van der Waals surface area (Å²) >= 11 is 0. The first-order valence-corrected chi connectivity index (χ1v) is 7.40. The molecular weight excluding hydrogens is 256 g/mol. The highest BCUT2D eigenvalue weighted by Crippen LogP contribution is 2.41. The van der Waals surface area contributed by atoms with Crippen LogP contribution >= 0.6 is 0 Å². The van der Waals surface area contributed by atoms with Crippen LogP contribution in [0.4, 0.5) is 0 Å². The van der Waals surface area contributed by atoms with Crippen molar-refractivity contribution in [3.05, 3.63) is 0 Å².